The molecule has 1 unspecified atom stereocenters. The van der Waals surface area contributed by atoms with Crippen molar-refractivity contribution in [3.8, 4) is 0 Å². The standard InChI is InChI=1S/C20H20BrN3O3/c1-3-27-20(26)18-10-13-9-16(7-8-17(13)23-18)24(19(25)12(2)22)15-6-4-5-14(21)11-15/h4-12,23H,3,22H2,1-2H3. The molecule has 7 heteroatoms. The van der Waals surface area contributed by atoms with Crippen LogP contribution in [0.1, 0.15) is 24.3 Å². The van der Waals surface area contributed by atoms with Crippen molar-refractivity contribution in [2.75, 3.05) is 11.5 Å². The van der Waals surface area contributed by atoms with Crippen molar-refractivity contribution in [1.29, 1.82) is 0 Å². The van der Waals surface area contributed by atoms with Gasteiger partial charge in [-0.2, -0.15) is 0 Å². The lowest BCUT2D eigenvalue weighted by molar-refractivity contribution is -0.118. The molecule has 0 fully saturated rings. The van der Waals surface area contributed by atoms with E-state index >= 15 is 0 Å². The molecule has 2 aromatic carbocycles. The number of aromatic amines is 1. The first-order chi connectivity index (χ1) is 12.9. The largest absolute Gasteiger partial charge is 0.461 e. The maximum absolute atomic E-state index is 12.8. The van der Waals surface area contributed by atoms with E-state index in [2.05, 4.69) is 20.9 Å². The summed E-state index contributed by atoms with van der Waals surface area (Å²) in [5, 5.41) is 0.799. The van der Waals surface area contributed by atoms with Crippen molar-refractivity contribution in [1.82, 2.24) is 4.98 Å². The van der Waals surface area contributed by atoms with Gasteiger partial charge in [0.05, 0.1) is 18.3 Å². The van der Waals surface area contributed by atoms with Crippen molar-refractivity contribution in [3.05, 3.63) is 58.7 Å². The number of fused-ring (bicyclic) bond motifs is 1. The number of nitrogens with zero attached hydrogens (tertiary/aromatic N) is 1. The molecule has 0 radical (unpaired) electrons. The van der Waals surface area contributed by atoms with Crippen LogP contribution in [-0.2, 0) is 9.53 Å². The first-order valence-electron chi connectivity index (χ1n) is 8.55. The van der Waals surface area contributed by atoms with Gasteiger partial charge in [-0.05, 0) is 56.3 Å². The molecule has 3 rings (SSSR count). The topological polar surface area (TPSA) is 88.4 Å². The minimum atomic E-state index is -0.666. The second kappa shape index (κ2) is 7.94. The third kappa shape index (κ3) is 4.04. The zero-order chi connectivity index (χ0) is 19.6. The van der Waals surface area contributed by atoms with Crippen LogP contribution in [0.5, 0.6) is 0 Å². The molecule has 3 N–H and O–H groups in total. The molecular weight excluding hydrogens is 410 g/mol. The molecular formula is C20H20BrN3O3. The first-order valence-corrected chi connectivity index (χ1v) is 9.35. The Hall–Kier alpha value is -2.64. The number of carbonyl (C=O) groups excluding carboxylic acids is 2. The van der Waals surface area contributed by atoms with Gasteiger partial charge in [0.25, 0.3) is 0 Å². The summed E-state index contributed by atoms with van der Waals surface area (Å²) < 4.78 is 5.89. The number of hydrogen-bond acceptors (Lipinski definition) is 4. The summed E-state index contributed by atoms with van der Waals surface area (Å²) in [5.74, 6) is -0.639. The van der Waals surface area contributed by atoms with Crippen molar-refractivity contribution in [2.24, 2.45) is 5.73 Å². The van der Waals surface area contributed by atoms with Gasteiger partial charge in [0.2, 0.25) is 5.91 Å². The van der Waals surface area contributed by atoms with Crippen LogP contribution >= 0.6 is 15.9 Å². The number of rotatable bonds is 5. The fourth-order valence-electron chi connectivity index (χ4n) is 2.80. The summed E-state index contributed by atoms with van der Waals surface area (Å²) in [6.07, 6.45) is 0. The summed E-state index contributed by atoms with van der Waals surface area (Å²) in [6, 6.07) is 14.0. The fraction of sp³-hybridized carbons (Fsp3) is 0.200. The van der Waals surface area contributed by atoms with Gasteiger partial charge in [-0.15, -0.1) is 0 Å². The van der Waals surface area contributed by atoms with Crippen LogP contribution in [0.25, 0.3) is 10.9 Å². The molecule has 0 bridgehead atoms. The minimum Gasteiger partial charge on any atom is -0.461 e. The Labute approximate surface area is 165 Å². The summed E-state index contributed by atoms with van der Waals surface area (Å²) in [6.45, 7) is 3.72. The van der Waals surface area contributed by atoms with Crippen LogP contribution in [0.2, 0.25) is 0 Å². The van der Waals surface area contributed by atoms with Crippen molar-refractivity contribution in [3.63, 3.8) is 0 Å². The Morgan fingerprint density at radius 2 is 1.93 bits per heavy atom. The molecule has 1 aromatic heterocycles. The monoisotopic (exact) mass is 429 g/mol. The molecule has 3 aromatic rings. The van der Waals surface area contributed by atoms with E-state index < -0.39 is 12.0 Å². The van der Waals surface area contributed by atoms with E-state index in [0.717, 1.165) is 15.4 Å². The van der Waals surface area contributed by atoms with Crippen molar-refractivity contribution >= 4 is 50.1 Å². The van der Waals surface area contributed by atoms with Gasteiger partial charge in [0.15, 0.2) is 0 Å². The zero-order valence-electron chi connectivity index (χ0n) is 15.0. The number of aromatic nitrogens is 1. The number of nitrogens with one attached hydrogen (secondary N) is 1. The molecule has 27 heavy (non-hydrogen) atoms. The highest BCUT2D eigenvalue weighted by Crippen LogP contribution is 2.31. The number of hydrogen-bond donors (Lipinski definition) is 2. The summed E-state index contributed by atoms with van der Waals surface area (Å²) >= 11 is 3.44. The molecule has 0 saturated carbocycles. The third-order valence-electron chi connectivity index (χ3n) is 4.03. The van der Waals surface area contributed by atoms with E-state index in [-0.39, 0.29) is 5.91 Å². The molecule has 0 aliphatic rings. The Morgan fingerprint density at radius 1 is 1.19 bits per heavy atom. The molecule has 0 aliphatic heterocycles. The van der Waals surface area contributed by atoms with E-state index in [9.17, 15) is 9.59 Å². The van der Waals surface area contributed by atoms with Gasteiger partial charge in [0, 0.05) is 21.1 Å². The van der Waals surface area contributed by atoms with E-state index in [1.807, 2.05) is 42.5 Å². The summed E-state index contributed by atoms with van der Waals surface area (Å²) in [4.78, 5) is 29.4. The molecule has 6 nitrogen and oxygen atoms in total. The van der Waals surface area contributed by atoms with Crippen LogP contribution in [0.3, 0.4) is 0 Å². The molecule has 1 heterocycles. The highest BCUT2D eigenvalue weighted by Gasteiger charge is 2.22. The SMILES string of the molecule is CCOC(=O)c1cc2cc(N(C(=O)C(C)N)c3cccc(Br)c3)ccc2[nH]1. The van der Waals surface area contributed by atoms with Crippen molar-refractivity contribution < 1.29 is 14.3 Å². The van der Waals surface area contributed by atoms with E-state index in [1.54, 1.807) is 24.8 Å². The maximum atomic E-state index is 12.8. The number of anilines is 2. The van der Waals surface area contributed by atoms with Gasteiger partial charge in [-0.1, -0.05) is 22.0 Å². The molecule has 1 atom stereocenters. The maximum Gasteiger partial charge on any atom is 0.354 e. The lowest BCUT2D eigenvalue weighted by Gasteiger charge is -2.25. The van der Waals surface area contributed by atoms with Gasteiger partial charge in [-0.25, -0.2) is 4.79 Å². The summed E-state index contributed by atoms with van der Waals surface area (Å²) in [5.41, 5.74) is 8.39. The van der Waals surface area contributed by atoms with Crippen LogP contribution in [0.4, 0.5) is 11.4 Å². The number of ether oxygens (including phenoxy) is 1. The first kappa shape index (κ1) is 19.1. The minimum absolute atomic E-state index is 0.228. The highest BCUT2D eigenvalue weighted by atomic mass is 79.9. The smallest absolute Gasteiger partial charge is 0.354 e. The summed E-state index contributed by atoms with van der Waals surface area (Å²) in [7, 11) is 0. The Balaban J connectivity index is 2.07. The number of H-pyrrole nitrogens is 1. The lowest BCUT2D eigenvalue weighted by Crippen LogP contribution is -2.39. The number of benzene rings is 2. The van der Waals surface area contributed by atoms with Crippen LogP contribution in [0, 0.1) is 0 Å². The average Bonchev–Trinajstić information content (AvgIpc) is 3.05. The number of esters is 1. The van der Waals surface area contributed by atoms with E-state index in [4.69, 9.17) is 10.5 Å². The number of nitrogens with two attached hydrogens (primary N) is 1. The molecule has 0 aliphatic carbocycles. The third-order valence-corrected chi connectivity index (χ3v) is 4.53. The second-order valence-electron chi connectivity index (χ2n) is 6.12. The Kier molecular flexibility index (Phi) is 5.62. The van der Waals surface area contributed by atoms with Gasteiger partial charge in [-0.3, -0.25) is 9.69 Å². The normalized spacial score (nSPS) is 12.0. The van der Waals surface area contributed by atoms with E-state index in [0.29, 0.717) is 23.7 Å². The van der Waals surface area contributed by atoms with Gasteiger partial charge >= 0.3 is 5.97 Å². The van der Waals surface area contributed by atoms with Crippen LogP contribution in [-0.4, -0.2) is 29.5 Å². The fourth-order valence-corrected chi connectivity index (χ4v) is 3.19. The predicted molar refractivity (Wildman–Crippen MR) is 109 cm³/mol. The second-order valence-corrected chi connectivity index (χ2v) is 7.03. The van der Waals surface area contributed by atoms with Crippen LogP contribution < -0.4 is 10.6 Å². The number of amides is 1. The number of carbonyl (C=O) groups is 2. The quantitative estimate of drug-likeness (QED) is 0.596. The lowest BCUT2D eigenvalue weighted by atomic mass is 10.1. The number of halogens is 1. The average molecular weight is 430 g/mol. The molecule has 0 saturated heterocycles. The van der Waals surface area contributed by atoms with Gasteiger partial charge in [0.1, 0.15) is 5.69 Å². The zero-order valence-corrected chi connectivity index (χ0v) is 16.6. The predicted octanol–water partition coefficient (Wildman–Crippen LogP) is 4.12. The molecule has 1 amide bonds. The Bertz CT molecular complexity index is 997. The molecule has 140 valence electrons. The highest BCUT2D eigenvalue weighted by molar-refractivity contribution is 9.10. The van der Waals surface area contributed by atoms with Gasteiger partial charge < -0.3 is 15.5 Å². The van der Waals surface area contributed by atoms with Crippen molar-refractivity contribution in [2.45, 2.75) is 19.9 Å². The Morgan fingerprint density at radius 3 is 2.59 bits per heavy atom. The molecule has 0 spiro atoms. The van der Waals surface area contributed by atoms with Crippen LogP contribution in [0.15, 0.2) is 53.0 Å². The van der Waals surface area contributed by atoms with E-state index in [1.165, 1.54) is 0 Å².